The predicted molar refractivity (Wildman–Crippen MR) is 95.2 cm³/mol. The molecule has 0 aromatic heterocycles. The van der Waals surface area contributed by atoms with Crippen LogP contribution in [0.3, 0.4) is 0 Å². The van der Waals surface area contributed by atoms with Gasteiger partial charge in [0.15, 0.2) is 0 Å². The molecule has 30 heavy (non-hydrogen) atoms. The van der Waals surface area contributed by atoms with E-state index in [1.54, 1.807) is 0 Å². The molecule has 6 aliphatic carbocycles. The van der Waals surface area contributed by atoms with E-state index in [0.717, 1.165) is 0 Å². The van der Waals surface area contributed by atoms with E-state index in [4.69, 9.17) is 18.9 Å². The van der Waals surface area contributed by atoms with E-state index in [1.807, 2.05) is 0 Å². The number of hydrogen-bond acceptors (Lipinski definition) is 8. The van der Waals surface area contributed by atoms with Gasteiger partial charge in [-0.25, -0.2) is 0 Å². The lowest BCUT2D eigenvalue weighted by atomic mass is 9.44. The zero-order valence-corrected chi connectivity index (χ0v) is 17.0. The number of rotatable bonds is 2. The van der Waals surface area contributed by atoms with E-state index in [-0.39, 0.29) is 59.4 Å². The van der Waals surface area contributed by atoms with E-state index in [9.17, 15) is 19.2 Å². The van der Waals surface area contributed by atoms with E-state index in [0.29, 0.717) is 38.5 Å². The minimum absolute atomic E-state index is 0.0859. The van der Waals surface area contributed by atoms with Gasteiger partial charge < -0.3 is 18.9 Å². The van der Waals surface area contributed by atoms with Gasteiger partial charge >= 0.3 is 23.9 Å². The zero-order valence-electron chi connectivity index (χ0n) is 17.0. The average molecular weight is 416 g/mol. The standard InChI is InChI=1S/C22H24O8/c1-27-17(25)21-9-7-20(6-4-12(24)30-20)16-13(9)14-10(22(16,21)18(26)28-2)8-19(15(14)21)5-3-11(23)29-19/h9-10,13-16H,3-8H2,1-2H3/t9-,10-,13-,14+,15+,16-,19+,20-,21+,22+/m0/s1. The maximum atomic E-state index is 13.6. The molecule has 8 fully saturated rings. The lowest BCUT2D eigenvalue weighted by Gasteiger charge is -2.58. The third-order valence-corrected chi connectivity index (χ3v) is 10.4. The summed E-state index contributed by atoms with van der Waals surface area (Å²) in [5, 5.41) is 0. The van der Waals surface area contributed by atoms with Crippen molar-refractivity contribution in [2.24, 2.45) is 46.3 Å². The van der Waals surface area contributed by atoms with Crippen LogP contribution in [0.2, 0.25) is 0 Å². The van der Waals surface area contributed by atoms with Gasteiger partial charge in [-0.15, -0.1) is 0 Å². The summed E-state index contributed by atoms with van der Waals surface area (Å²) in [6.45, 7) is 0. The minimum Gasteiger partial charge on any atom is -0.469 e. The Bertz CT molecular complexity index is 883. The van der Waals surface area contributed by atoms with Crippen LogP contribution in [-0.2, 0) is 38.1 Å². The van der Waals surface area contributed by atoms with E-state index in [2.05, 4.69) is 0 Å². The number of hydrogen-bond donors (Lipinski definition) is 0. The summed E-state index contributed by atoms with van der Waals surface area (Å²) < 4.78 is 22.6. The van der Waals surface area contributed by atoms with Gasteiger partial charge in [-0.3, -0.25) is 19.2 Å². The Morgan fingerprint density at radius 3 is 1.50 bits per heavy atom. The van der Waals surface area contributed by atoms with Crippen LogP contribution in [0.4, 0.5) is 0 Å². The summed E-state index contributed by atoms with van der Waals surface area (Å²) in [6.07, 6.45) is 3.02. The molecule has 8 bridgehead atoms. The molecule has 160 valence electrons. The Kier molecular flexibility index (Phi) is 2.75. The molecule has 8 heteroatoms. The molecular formula is C22H24O8. The third kappa shape index (κ3) is 1.30. The Morgan fingerprint density at radius 1 is 0.800 bits per heavy atom. The van der Waals surface area contributed by atoms with Crippen molar-refractivity contribution in [3.05, 3.63) is 0 Å². The molecule has 2 aliphatic heterocycles. The maximum absolute atomic E-state index is 13.6. The first-order valence-electron chi connectivity index (χ1n) is 10.9. The van der Waals surface area contributed by atoms with Gasteiger partial charge in [-0.2, -0.15) is 0 Å². The molecule has 8 aliphatic rings. The molecule has 0 unspecified atom stereocenters. The summed E-state index contributed by atoms with van der Waals surface area (Å²) in [6, 6.07) is 0. The summed E-state index contributed by atoms with van der Waals surface area (Å²) >= 11 is 0. The molecule has 0 aromatic carbocycles. The van der Waals surface area contributed by atoms with Crippen molar-refractivity contribution in [1.29, 1.82) is 0 Å². The molecule has 2 spiro atoms. The van der Waals surface area contributed by atoms with Crippen LogP contribution in [0.1, 0.15) is 38.5 Å². The highest BCUT2D eigenvalue weighted by atomic mass is 16.6. The van der Waals surface area contributed by atoms with Crippen molar-refractivity contribution >= 4 is 23.9 Å². The Hall–Kier alpha value is -2.12. The predicted octanol–water partition coefficient (Wildman–Crippen LogP) is 1.00. The van der Waals surface area contributed by atoms with Crippen LogP contribution in [0.15, 0.2) is 0 Å². The number of ether oxygens (including phenoxy) is 4. The van der Waals surface area contributed by atoms with Gasteiger partial charge in [0, 0.05) is 24.7 Å². The fourth-order valence-electron chi connectivity index (χ4n) is 10.6. The Labute approximate surface area is 172 Å². The molecule has 0 aromatic rings. The van der Waals surface area contributed by atoms with Crippen molar-refractivity contribution < 1.29 is 38.1 Å². The fraction of sp³-hybridized carbons (Fsp3) is 0.818. The highest BCUT2D eigenvalue weighted by Gasteiger charge is 3.02. The minimum atomic E-state index is -1.07. The molecule has 0 radical (unpaired) electrons. The van der Waals surface area contributed by atoms with E-state index >= 15 is 0 Å². The van der Waals surface area contributed by atoms with Gasteiger partial charge in [0.25, 0.3) is 0 Å². The highest BCUT2D eigenvalue weighted by molar-refractivity contribution is 5.95. The largest absolute Gasteiger partial charge is 0.469 e. The average Bonchev–Trinajstić information content (AvgIpc) is 3.55. The van der Waals surface area contributed by atoms with Crippen LogP contribution < -0.4 is 0 Å². The summed E-state index contributed by atoms with van der Waals surface area (Å²) in [4.78, 5) is 51.6. The molecular weight excluding hydrogens is 392 g/mol. The highest BCUT2D eigenvalue weighted by Crippen LogP contribution is 2.96. The summed E-state index contributed by atoms with van der Waals surface area (Å²) in [5.74, 6) is -1.76. The molecule has 8 nitrogen and oxygen atoms in total. The normalized spacial score (nSPS) is 57.7. The van der Waals surface area contributed by atoms with Crippen molar-refractivity contribution in [2.75, 3.05) is 14.2 Å². The van der Waals surface area contributed by atoms with Crippen LogP contribution in [0, 0.1) is 46.3 Å². The van der Waals surface area contributed by atoms with Crippen LogP contribution in [0.25, 0.3) is 0 Å². The Morgan fingerprint density at radius 2 is 1.20 bits per heavy atom. The zero-order chi connectivity index (χ0) is 20.8. The first-order chi connectivity index (χ1) is 14.3. The SMILES string of the molecule is COC(=O)[C@]12[C@@H]3[C@H]4[C@@H]5[C@@H]1C[C@@]1(CCC(=O)O1)[C@H]5[C@@]2(C(=O)OC)[C@H]4C[C@]31CCC(=O)O1. The lowest BCUT2D eigenvalue weighted by Crippen LogP contribution is -2.69. The second-order valence-electron chi connectivity index (χ2n) is 10.5. The number of esters is 4. The molecule has 0 amide bonds. The number of carbonyl (C=O) groups is 4. The van der Waals surface area contributed by atoms with Gasteiger partial charge in [-0.1, -0.05) is 0 Å². The van der Waals surface area contributed by atoms with Gasteiger partial charge in [-0.05, 0) is 49.4 Å². The monoisotopic (exact) mass is 416 g/mol. The number of carbonyl (C=O) groups excluding carboxylic acids is 4. The first-order valence-corrected chi connectivity index (χ1v) is 10.9. The molecule has 10 atom stereocenters. The van der Waals surface area contributed by atoms with Crippen molar-refractivity contribution in [1.82, 2.24) is 0 Å². The summed E-state index contributed by atoms with van der Waals surface area (Å²) in [5.41, 5.74) is -3.51. The molecule has 6 saturated carbocycles. The first kappa shape index (κ1) is 17.5. The maximum Gasteiger partial charge on any atom is 0.313 e. The second-order valence-corrected chi connectivity index (χ2v) is 10.5. The quantitative estimate of drug-likeness (QED) is 0.485. The summed E-state index contributed by atoms with van der Waals surface area (Å²) in [7, 11) is 2.73. The van der Waals surface area contributed by atoms with Crippen molar-refractivity contribution in [3.8, 4) is 0 Å². The van der Waals surface area contributed by atoms with Gasteiger partial charge in [0.1, 0.15) is 11.2 Å². The topological polar surface area (TPSA) is 105 Å². The molecule has 2 heterocycles. The third-order valence-electron chi connectivity index (χ3n) is 10.4. The smallest absolute Gasteiger partial charge is 0.313 e. The van der Waals surface area contributed by atoms with E-state index < -0.39 is 22.0 Å². The molecule has 8 rings (SSSR count). The van der Waals surface area contributed by atoms with Crippen LogP contribution >= 0.6 is 0 Å². The molecule has 0 N–H and O–H groups in total. The van der Waals surface area contributed by atoms with Gasteiger partial charge in [0.2, 0.25) is 0 Å². The lowest BCUT2D eigenvalue weighted by molar-refractivity contribution is -0.231. The fourth-order valence-corrected chi connectivity index (χ4v) is 10.6. The van der Waals surface area contributed by atoms with Crippen LogP contribution in [0.5, 0.6) is 0 Å². The second kappa shape index (κ2) is 4.70. The molecule has 2 saturated heterocycles. The van der Waals surface area contributed by atoms with Gasteiger partial charge in [0.05, 0.1) is 25.0 Å². The number of methoxy groups -OCH3 is 2. The van der Waals surface area contributed by atoms with Crippen molar-refractivity contribution in [2.45, 2.75) is 49.7 Å². The Balaban J connectivity index is 1.48. The van der Waals surface area contributed by atoms with Crippen molar-refractivity contribution in [3.63, 3.8) is 0 Å². The van der Waals surface area contributed by atoms with Crippen LogP contribution in [-0.4, -0.2) is 49.3 Å². The van der Waals surface area contributed by atoms with E-state index in [1.165, 1.54) is 14.2 Å².